The van der Waals surface area contributed by atoms with E-state index in [1.54, 1.807) is 0 Å². The minimum Gasteiger partial charge on any atom is -0.464 e. The van der Waals surface area contributed by atoms with E-state index >= 15 is 0 Å². The number of hydrogen-bond acceptors (Lipinski definition) is 4. The highest BCUT2D eigenvalue weighted by Gasteiger charge is 2.12. The first-order valence-electron chi connectivity index (χ1n) is 18.5. The Morgan fingerprint density at radius 2 is 0.619 bits per heavy atom. The molecule has 0 spiro atoms. The van der Waals surface area contributed by atoms with E-state index in [4.69, 9.17) is 21.1 Å². The number of alkyl halides is 1. The Labute approximate surface area is 267 Å². The molecule has 0 N–H and O–H groups in total. The van der Waals surface area contributed by atoms with E-state index < -0.39 is 5.38 Å². The van der Waals surface area contributed by atoms with Gasteiger partial charge in [-0.2, -0.15) is 0 Å². The van der Waals surface area contributed by atoms with E-state index in [1.165, 1.54) is 154 Å². The highest BCUT2D eigenvalue weighted by atomic mass is 35.5. The molecule has 5 heteroatoms. The number of ether oxygens (including phenoxy) is 2. The highest BCUT2D eigenvalue weighted by Crippen LogP contribution is 2.15. The third kappa shape index (κ3) is 33.7. The first kappa shape index (κ1) is 41.2. The zero-order chi connectivity index (χ0) is 30.8. The summed E-state index contributed by atoms with van der Waals surface area (Å²) >= 11 is 6.20. The van der Waals surface area contributed by atoms with Crippen molar-refractivity contribution in [3.8, 4) is 0 Å². The molecule has 0 saturated heterocycles. The minimum absolute atomic E-state index is 0.102. The van der Waals surface area contributed by atoms with E-state index in [0.717, 1.165) is 25.7 Å². The molecule has 4 nitrogen and oxygen atoms in total. The van der Waals surface area contributed by atoms with Crippen molar-refractivity contribution in [1.29, 1.82) is 0 Å². The molecule has 0 aromatic carbocycles. The van der Waals surface area contributed by atoms with E-state index in [-0.39, 0.29) is 25.2 Å². The topological polar surface area (TPSA) is 52.6 Å². The number of unbranched alkanes of at least 4 members (excludes halogenated alkanes) is 26. The summed E-state index contributed by atoms with van der Waals surface area (Å²) in [5.41, 5.74) is 0. The highest BCUT2D eigenvalue weighted by molar-refractivity contribution is 6.21. The Balaban J connectivity index is 3.38. The Morgan fingerprint density at radius 1 is 0.405 bits per heavy atom. The Bertz CT molecular complexity index is 568. The second-order valence-corrected chi connectivity index (χ2v) is 13.3. The predicted octanol–water partition coefficient (Wildman–Crippen LogP) is 12.4. The molecule has 1 atom stereocenters. The number of carbonyl (C=O) groups is 2. The van der Waals surface area contributed by atoms with E-state index in [2.05, 4.69) is 13.8 Å². The van der Waals surface area contributed by atoms with Gasteiger partial charge in [0, 0.05) is 12.8 Å². The summed E-state index contributed by atoms with van der Waals surface area (Å²) in [5, 5.41) is -0.481. The lowest BCUT2D eigenvalue weighted by Crippen LogP contribution is -2.21. The molecule has 0 amide bonds. The van der Waals surface area contributed by atoms with E-state index in [0.29, 0.717) is 12.8 Å². The lowest BCUT2D eigenvalue weighted by atomic mass is 10.0. The summed E-state index contributed by atoms with van der Waals surface area (Å²) in [6.07, 6.45) is 37.2. The molecule has 0 aliphatic rings. The number of rotatable bonds is 34. The van der Waals surface area contributed by atoms with Gasteiger partial charge in [0.05, 0.1) is 0 Å². The first-order valence-corrected chi connectivity index (χ1v) is 19.0. The van der Waals surface area contributed by atoms with Crippen molar-refractivity contribution in [2.75, 3.05) is 13.2 Å². The van der Waals surface area contributed by atoms with Gasteiger partial charge in [0.1, 0.15) is 18.6 Å². The molecule has 0 aliphatic heterocycles. The zero-order valence-corrected chi connectivity index (χ0v) is 29.0. The fourth-order valence-corrected chi connectivity index (χ4v) is 5.61. The quantitative estimate of drug-likeness (QED) is 0.0411. The summed E-state index contributed by atoms with van der Waals surface area (Å²) in [6.45, 7) is 4.74. The van der Waals surface area contributed by atoms with Crippen LogP contribution in [0.1, 0.15) is 206 Å². The molecule has 0 aliphatic carbocycles. The zero-order valence-electron chi connectivity index (χ0n) is 28.2. The van der Waals surface area contributed by atoms with Crippen LogP contribution in [0.5, 0.6) is 0 Å². The predicted molar refractivity (Wildman–Crippen MR) is 181 cm³/mol. The fraction of sp³-hybridized carbons (Fsp3) is 0.946. The molecular formula is C37H71ClO4. The minimum atomic E-state index is -0.481. The standard InChI is InChI=1S/C37H71ClO4/c1-3-5-7-9-11-13-15-17-18-20-22-24-26-28-30-32-37(40)42-34-35(38)33-41-36(39)31-29-27-25-23-21-19-16-14-12-10-8-6-4-2/h35H,3-34H2,1-2H3. The molecular weight excluding hydrogens is 544 g/mol. The first-order chi connectivity index (χ1) is 20.6. The molecule has 0 fully saturated rings. The van der Waals surface area contributed by atoms with Crippen LogP contribution in [-0.2, 0) is 19.1 Å². The van der Waals surface area contributed by atoms with Gasteiger partial charge >= 0.3 is 11.9 Å². The molecule has 250 valence electrons. The smallest absolute Gasteiger partial charge is 0.305 e. The van der Waals surface area contributed by atoms with E-state index in [9.17, 15) is 9.59 Å². The summed E-state index contributed by atoms with van der Waals surface area (Å²) < 4.78 is 10.5. The largest absolute Gasteiger partial charge is 0.464 e. The Kier molecular flexibility index (Phi) is 34.1. The molecule has 0 bridgehead atoms. The van der Waals surface area contributed by atoms with Crippen LogP contribution in [0.25, 0.3) is 0 Å². The van der Waals surface area contributed by atoms with Crippen LogP contribution in [0.2, 0.25) is 0 Å². The third-order valence-electron chi connectivity index (χ3n) is 8.32. The fourth-order valence-electron chi connectivity index (χ4n) is 5.49. The van der Waals surface area contributed by atoms with Gasteiger partial charge in [0.15, 0.2) is 0 Å². The Hall–Kier alpha value is -0.770. The van der Waals surface area contributed by atoms with E-state index in [1.807, 2.05) is 0 Å². The van der Waals surface area contributed by atoms with Gasteiger partial charge in [0.25, 0.3) is 0 Å². The monoisotopic (exact) mass is 615 g/mol. The number of carbonyl (C=O) groups excluding carboxylic acids is 2. The van der Waals surface area contributed by atoms with Gasteiger partial charge in [-0.15, -0.1) is 11.6 Å². The summed E-state index contributed by atoms with van der Waals surface area (Å²) in [7, 11) is 0. The molecule has 0 rings (SSSR count). The van der Waals surface area contributed by atoms with Gasteiger partial charge in [-0.1, -0.05) is 181 Å². The van der Waals surface area contributed by atoms with Crippen LogP contribution in [-0.4, -0.2) is 30.5 Å². The van der Waals surface area contributed by atoms with Crippen molar-refractivity contribution in [3.63, 3.8) is 0 Å². The molecule has 0 aromatic heterocycles. The second-order valence-electron chi connectivity index (χ2n) is 12.7. The van der Waals surface area contributed by atoms with Crippen molar-refractivity contribution in [1.82, 2.24) is 0 Å². The molecule has 0 radical (unpaired) electrons. The van der Waals surface area contributed by atoms with Crippen molar-refractivity contribution < 1.29 is 19.1 Å². The lowest BCUT2D eigenvalue weighted by molar-refractivity contribution is -0.146. The molecule has 0 saturated carbocycles. The maximum Gasteiger partial charge on any atom is 0.305 e. The van der Waals surface area contributed by atoms with Crippen molar-refractivity contribution >= 4 is 23.5 Å². The SMILES string of the molecule is CCCCCCCCCCCCCCCCCC(=O)OCC(Cl)COC(=O)CCCCCCCCCCCCCCC. The maximum absolute atomic E-state index is 12.0. The number of halogens is 1. The van der Waals surface area contributed by atoms with Gasteiger partial charge < -0.3 is 9.47 Å². The number of hydrogen-bond donors (Lipinski definition) is 0. The summed E-state index contributed by atoms with van der Waals surface area (Å²) in [5.74, 6) is -0.401. The van der Waals surface area contributed by atoms with Crippen LogP contribution < -0.4 is 0 Å². The molecule has 0 aromatic rings. The Morgan fingerprint density at radius 3 is 0.857 bits per heavy atom. The van der Waals surface area contributed by atoms with Gasteiger partial charge in [-0.3, -0.25) is 9.59 Å². The summed E-state index contributed by atoms with van der Waals surface area (Å²) in [4.78, 5) is 23.9. The van der Waals surface area contributed by atoms with Gasteiger partial charge in [0.2, 0.25) is 0 Å². The average molecular weight is 615 g/mol. The van der Waals surface area contributed by atoms with Gasteiger partial charge in [-0.05, 0) is 12.8 Å². The normalized spacial score (nSPS) is 12.0. The van der Waals surface area contributed by atoms with Crippen molar-refractivity contribution in [3.05, 3.63) is 0 Å². The lowest BCUT2D eigenvalue weighted by Gasteiger charge is -2.11. The molecule has 0 heterocycles. The van der Waals surface area contributed by atoms with Crippen LogP contribution in [0.4, 0.5) is 0 Å². The van der Waals surface area contributed by atoms with Crippen LogP contribution in [0, 0.1) is 0 Å². The molecule has 42 heavy (non-hydrogen) atoms. The molecule has 1 unspecified atom stereocenters. The average Bonchev–Trinajstić information content (AvgIpc) is 2.99. The van der Waals surface area contributed by atoms with Crippen molar-refractivity contribution in [2.45, 2.75) is 212 Å². The maximum atomic E-state index is 12.0. The number of esters is 2. The van der Waals surface area contributed by atoms with Crippen LogP contribution in [0.15, 0.2) is 0 Å². The van der Waals surface area contributed by atoms with Crippen LogP contribution >= 0.6 is 11.6 Å². The van der Waals surface area contributed by atoms with Crippen molar-refractivity contribution in [2.24, 2.45) is 0 Å². The van der Waals surface area contributed by atoms with Gasteiger partial charge in [-0.25, -0.2) is 0 Å². The second kappa shape index (κ2) is 34.7. The third-order valence-corrected chi connectivity index (χ3v) is 8.57. The summed E-state index contributed by atoms with van der Waals surface area (Å²) in [6, 6.07) is 0. The van der Waals surface area contributed by atoms with Crippen LogP contribution in [0.3, 0.4) is 0 Å².